The van der Waals surface area contributed by atoms with Crippen molar-refractivity contribution in [1.29, 1.82) is 0 Å². The summed E-state index contributed by atoms with van der Waals surface area (Å²) in [5.41, 5.74) is 2.90. The zero-order valence-corrected chi connectivity index (χ0v) is 8.94. The van der Waals surface area contributed by atoms with E-state index in [0.717, 1.165) is 28.6 Å². The average molecular weight is 202 g/mol. The SMILES string of the molecule is CC/C(=N/O)c1cn(C)c2ccccc12. The third-order valence-electron chi connectivity index (χ3n) is 2.66. The number of nitrogens with zero attached hydrogens (tertiary/aromatic N) is 2. The summed E-state index contributed by atoms with van der Waals surface area (Å²) in [6, 6.07) is 8.11. The third-order valence-corrected chi connectivity index (χ3v) is 2.66. The quantitative estimate of drug-likeness (QED) is 0.454. The Kier molecular flexibility index (Phi) is 2.46. The number of aryl methyl sites for hydroxylation is 1. The molecule has 1 aromatic heterocycles. The lowest BCUT2D eigenvalue weighted by Crippen LogP contribution is -1.97. The Labute approximate surface area is 88.6 Å². The second-order valence-corrected chi connectivity index (χ2v) is 3.57. The normalized spacial score (nSPS) is 12.3. The third kappa shape index (κ3) is 1.50. The average Bonchev–Trinajstić information content (AvgIpc) is 2.60. The van der Waals surface area contributed by atoms with Crippen LogP contribution in [0.4, 0.5) is 0 Å². The van der Waals surface area contributed by atoms with E-state index in [4.69, 9.17) is 5.21 Å². The molecule has 0 radical (unpaired) electrons. The summed E-state index contributed by atoms with van der Waals surface area (Å²) in [6.07, 6.45) is 2.73. The van der Waals surface area contributed by atoms with Gasteiger partial charge in [0.25, 0.3) is 0 Å². The molecule has 1 aromatic carbocycles. The molecular weight excluding hydrogens is 188 g/mol. The van der Waals surface area contributed by atoms with E-state index in [2.05, 4.69) is 11.2 Å². The number of fused-ring (bicyclic) bond motifs is 1. The molecule has 1 heterocycles. The van der Waals surface area contributed by atoms with Crippen molar-refractivity contribution in [2.45, 2.75) is 13.3 Å². The first-order valence-corrected chi connectivity index (χ1v) is 5.03. The number of hydrogen-bond donors (Lipinski definition) is 1. The van der Waals surface area contributed by atoms with E-state index in [0.29, 0.717) is 0 Å². The largest absolute Gasteiger partial charge is 0.411 e. The number of rotatable bonds is 2. The molecule has 2 aromatic rings. The summed E-state index contributed by atoms with van der Waals surface area (Å²) in [5, 5.41) is 13.4. The van der Waals surface area contributed by atoms with Crippen LogP contribution in [0.3, 0.4) is 0 Å². The summed E-state index contributed by atoms with van der Waals surface area (Å²) in [6.45, 7) is 1.98. The standard InChI is InChI=1S/C12H14N2O/c1-3-11(13-15)10-8-14(2)12-7-5-4-6-9(10)12/h4-8,15H,3H2,1-2H3/b13-11-. The van der Waals surface area contributed by atoms with Crippen LogP contribution in [0, 0.1) is 0 Å². The lowest BCUT2D eigenvalue weighted by molar-refractivity contribution is 0.318. The highest BCUT2D eigenvalue weighted by atomic mass is 16.4. The first kappa shape index (κ1) is 9.77. The molecule has 0 aliphatic heterocycles. The van der Waals surface area contributed by atoms with Gasteiger partial charge in [-0.25, -0.2) is 0 Å². The maximum atomic E-state index is 8.93. The van der Waals surface area contributed by atoms with E-state index in [1.807, 2.05) is 42.9 Å². The van der Waals surface area contributed by atoms with Crippen LogP contribution in [0.25, 0.3) is 10.9 Å². The van der Waals surface area contributed by atoms with Crippen LogP contribution in [-0.4, -0.2) is 15.5 Å². The minimum atomic E-state index is 0.727. The van der Waals surface area contributed by atoms with Crippen molar-refractivity contribution in [2.24, 2.45) is 12.2 Å². The second kappa shape index (κ2) is 3.77. The molecule has 15 heavy (non-hydrogen) atoms. The van der Waals surface area contributed by atoms with Gasteiger partial charge >= 0.3 is 0 Å². The van der Waals surface area contributed by atoms with E-state index in [9.17, 15) is 0 Å². The van der Waals surface area contributed by atoms with Crippen LogP contribution < -0.4 is 0 Å². The lowest BCUT2D eigenvalue weighted by atomic mass is 10.1. The Morgan fingerprint density at radius 2 is 2.13 bits per heavy atom. The van der Waals surface area contributed by atoms with Crippen molar-refractivity contribution in [3.05, 3.63) is 36.0 Å². The summed E-state index contributed by atoms with van der Waals surface area (Å²) >= 11 is 0. The fourth-order valence-corrected chi connectivity index (χ4v) is 1.89. The Bertz CT molecular complexity index is 511. The minimum absolute atomic E-state index is 0.727. The summed E-state index contributed by atoms with van der Waals surface area (Å²) < 4.78 is 2.05. The van der Waals surface area contributed by atoms with E-state index in [-0.39, 0.29) is 0 Å². The molecule has 0 spiro atoms. The molecule has 0 bridgehead atoms. The van der Waals surface area contributed by atoms with Crippen molar-refractivity contribution in [1.82, 2.24) is 4.57 Å². The highest BCUT2D eigenvalue weighted by molar-refractivity contribution is 6.10. The van der Waals surface area contributed by atoms with Gasteiger partial charge in [0.05, 0.1) is 5.71 Å². The molecule has 1 N–H and O–H groups in total. The van der Waals surface area contributed by atoms with Crippen LogP contribution in [0.15, 0.2) is 35.6 Å². The molecule has 78 valence electrons. The predicted molar refractivity (Wildman–Crippen MR) is 61.5 cm³/mol. The summed E-state index contributed by atoms with van der Waals surface area (Å²) in [4.78, 5) is 0. The van der Waals surface area contributed by atoms with Crippen LogP contribution in [-0.2, 0) is 7.05 Å². The monoisotopic (exact) mass is 202 g/mol. The van der Waals surface area contributed by atoms with Gasteiger partial charge in [0.15, 0.2) is 0 Å². The molecule has 3 heteroatoms. The fourth-order valence-electron chi connectivity index (χ4n) is 1.89. The Balaban J connectivity index is 2.72. The minimum Gasteiger partial charge on any atom is -0.411 e. The predicted octanol–water partition coefficient (Wildman–Crippen LogP) is 2.77. The highest BCUT2D eigenvalue weighted by Crippen LogP contribution is 2.21. The Hall–Kier alpha value is -1.77. The van der Waals surface area contributed by atoms with Gasteiger partial charge in [-0.15, -0.1) is 0 Å². The van der Waals surface area contributed by atoms with Gasteiger partial charge < -0.3 is 9.77 Å². The van der Waals surface area contributed by atoms with Crippen LogP contribution in [0.5, 0.6) is 0 Å². The topological polar surface area (TPSA) is 37.5 Å². The van der Waals surface area contributed by atoms with E-state index in [1.54, 1.807) is 0 Å². The van der Waals surface area contributed by atoms with Crippen molar-refractivity contribution in [2.75, 3.05) is 0 Å². The van der Waals surface area contributed by atoms with Gasteiger partial charge in [0.1, 0.15) is 0 Å². The summed E-state index contributed by atoms with van der Waals surface area (Å²) in [7, 11) is 2.00. The maximum Gasteiger partial charge on any atom is 0.0886 e. The van der Waals surface area contributed by atoms with Crippen LogP contribution >= 0.6 is 0 Å². The zero-order chi connectivity index (χ0) is 10.8. The van der Waals surface area contributed by atoms with Crippen molar-refractivity contribution in [3.8, 4) is 0 Å². The zero-order valence-electron chi connectivity index (χ0n) is 8.94. The van der Waals surface area contributed by atoms with Gasteiger partial charge in [0.2, 0.25) is 0 Å². The van der Waals surface area contributed by atoms with Gasteiger partial charge in [-0.3, -0.25) is 0 Å². The molecule has 3 nitrogen and oxygen atoms in total. The maximum absolute atomic E-state index is 8.93. The van der Waals surface area contributed by atoms with E-state index in [1.165, 1.54) is 0 Å². The first-order valence-electron chi connectivity index (χ1n) is 5.03. The van der Waals surface area contributed by atoms with E-state index < -0.39 is 0 Å². The molecule has 0 saturated heterocycles. The molecule has 0 amide bonds. The highest BCUT2D eigenvalue weighted by Gasteiger charge is 2.10. The van der Waals surface area contributed by atoms with Gasteiger partial charge in [0, 0.05) is 29.7 Å². The number of benzene rings is 1. The molecule has 0 unspecified atom stereocenters. The molecule has 0 saturated carbocycles. The lowest BCUT2D eigenvalue weighted by Gasteiger charge is -1.97. The molecule has 0 aliphatic carbocycles. The van der Waals surface area contributed by atoms with Crippen LogP contribution in [0.2, 0.25) is 0 Å². The van der Waals surface area contributed by atoms with Crippen molar-refractivity contribution < 1.29 is 5.21 Å². The molecule has 0 atom stereocenters. The number of aromatic nitrogens is 1. The Morgan fingerprint density at radius 3 is 2.80 bits per heavy atom. The van der Waals surface area contributed by atoms with Gasteiger partial charge in [-0.1, -0.05) is 30.3 Å². The van der Waals surface area contributed by atoms with Gasteiger partial charge in [-0.05, 0) is 12.5 Å². The number of hydrogen-bond acceptors (Lipinski definition) is 2. The number of oxime groups is 1. The fraction of sp³-hybridized carbons (Fsp3) is 0.250. The molecule has 0 fully saturated rings. The van der Waals surface area contributed by atoms with Gasteiger partial charge in [-0.2, -0.15) is 0 Å². The Morgan fingerprint density at radius 1 is 1.40 bits per heavy atom. The van der Waals surface area contributed by atoms with Crippen molar-refractivity contribution in [3.63, 3.8) is 0 Å². The van der Waals surface area contributed by atoms with Crippen molar-refractivity contribution >= 4 is 16.6 Å². The first-order chi connectivity index (χ1) is 7.27. The number of para-hydroxylation sites is 1. The second-order valence-electron chi connectivity index (χ2n) is 3.57. The van der Waals surface area contributed by atoms with E-state index >= 15 is 0 Å². The molecule has 0 aliphatic rings. The smallest absolute Gasteiger partial charge is 0.0886 e. The molecule has 2 rings (SSSR count). The summed E-state index contributed by atoms with van der Waals surface area (Å²) in [5.74, 6) is 0. The van der Waals surface area contributed by atoms with Crippen LogP contribution in [0.1, 0.15) is 18.9 Å². The molecular formula is C12H14N2O.